The Kier molecular flexibility index (Phi) is 13.6. The number of imide groups is 1. The molecule has 400 valence electrons. The molecule has 15 heteroatoms. The van der Waals surface area contributed by atoms with E-state index in [9.17, 15) is 24.0 Å². The number of benzene rings is 5. The molecule has 0 radical (unpaired) electrons. The third kappa shape index (κ3) is 9.12. The van der Waals surface area contributed by atoms with Gasteiger partial charge in [-0.15, -0.1) is 5.43 Å². The number of amides is 5. The van der Waals surface area contributed by atoms with Gasteiger partial charge in [0.25, 0.3) is 11.8 Å². The lowest BCUT2D eigenvalue weighted by molar-refractivity contribution is -0.137. The van der Waals surface area contributed by atoms with Crippen LogP contribution in [-0.4, -0.2) is 82.4 Å². The highest BCUT2D eigenvalue weighted by Gasteiger charge is 2.54. The maximum absolute atomic E-state index is 18.0. The number of fused-ring (bicyclic) bond motifs is 2. The van der Waals surface area contributed by atoms with E-state index in [1.165, 1.54) is 41.8 Å². The molecular weight excluding hydrogens is 970 g/mol. The molecule has 5 unspecified atom stereocenters. The van der Waals surface area contributed by atoms with Gasteiger partial charge in [-0.25, -0.2) is 13.6 Å². The summed E-state index contributed by atoms with van der Waals surface area (Å²) in [4.78, 5) is 70.2. The number of nitrogens with zero attached hydrogens (tertiary/aromatic N) is 4. The van der Waals surface area contributed by atoms with Crippen molar-refractivity contribution in [3.63, 3.8) is 0 Å². The van der Waals surface area contributed by atoms with Crippen molar-refractivity contribution in [3.8, 4) is 22.3 Å². The van der Waals surface area contributed by atoms with Gasteiger partial charge < -0.3 is 20.4 Å². The summed E-state index contributed by atoms with van der Waals surface area (Å²) in [5.74, 6) is -1.46. The summed E-state index contributed by atoms with van der Waals surface area (Å²) in [5, 5.41) is 8.27. The van der Waals surface area contributed by atoms with Gasteiger partial charge in [-0.05, 0) is 122 Å². The van der Waals surface area contributed by atoms with Gasteiger partial charge in [0.1, 0.15) is 23.6 Å². The highest BCUT2D eigenvalue weighted by Crippen LogP contribution is 2.52. The van der Waals surface area contributed by atoms with Crippen LogP contribution in [0.2, 0.25) is 0 Å². The Morgan fingerprint density at radius 2 is 1.40 bits per heavy atom. The first-order valence-corrected chi connectivity index (χ1v) is 28.3. The fourth-order valence-electron chi connectivity index (χ4n) is 14.6. The van der Waals surface area contributed by atoms with Crippen LogP contribution < -0.4 is 45.8 Å². The Morgan fingerprint density at radius 1 is 0.688 bits per heavy atom. The Labute approximate surface area is 450 Å². The third-order valence-corrected chi connectivity index (χ3v) is 18.7. The molecular formula is C62H72FN9O5+2. The minimum atomic E-state index is -1.02. The molecule has 5 heterocycles. The molecule has 5 atom stereocenters. The van der Waals surface area contributed by atoms with Crippen LogP contribution in [0.4, 0.5) is 32.8 Å². The van der Waals surface area contributed by atoms with Gasteiger partial charge in [-0.1, -0.05) is 55.0 Å². The van der Waals surface area contributed by atoms with Crippen molar-refractivity contribution < 1.29 is 28.4 Å². The summed E-state index contributed by atoms with van der Waals surface area (Å²) >= 11 is 0. The van der Waals surface area contributed by atoms with Crippen molar-refractivity contribution >= 4 is 58.0 Å². The lowest BCUT2D eigenvalue weighted by atomic mass is 9.85. The number of quaternary nitrogens is 2. The number of carbonyl (C=O) groups excluding carboxylic acids is 5. The number of anilines is 3. The van der Waals surface area contributed by atoms with E-state index in [1.807, 2.05) is 42.3 Å². The second-order valence-electron chi connectivity index (χ2n) is 23.1. The number of rotatable bonds is 11. The topological polar surface area (TPSA) is 152 Å². The van der Waals surface area contributed by atoms with Crippen LogP contribution in [0.5, 0.6) is 0 Å². The maximum atomic E-state index is 18.0. The maximum Gasteiger partial charge on any atom is 0.251 e. The molecule has 5 aliphatic heterocycles. The zero-order valence-electron chi connectivity index (χ0n) is 44.6. The Bertz CT molecular complexity index is 3160. The minimum Gasteiger partial charge on any atom is -0.367 e. The van der Waals surface area contributed by atoms with Crippen LogP contribution in [0.3, 0.4) is 0 Å². The van der Waals surface area contributed by atoms with E-state index >= 15 is 4.39 Å². The van der Waals surface area contributed by atoms with Crippen LogP contribution >= 0.6 is 0 Å². The van der Waals surface area contributed by atoms with Crippen molar-refractivity contribution in [1.82, 2.24) is 30.7 Å². The molecule has 12 rings (SSSR count). The molecule has 3 saturated heterocycles. The molecule has 5 aromatic carbocycles. The second kappa shape index (κ2) is 20.5. The van der Waals surface area contributed by atoms with E-state index in [1.54, 1.807) is 31.3 Å². The van der Waals surface area contributed by atoms with Crippen LogP contribution in [-0.2, 0) is 19.2 Å². The van der Waals surface area contributed by atoms with Crippen molar-refractivity contribution in [2.75, 3.05) is 55.9 Å². The molecule has 2 saturated carbocycles. The molecule has 77 heavy (non-hydrogen) atoms. The SMILES string of the molecule is CNC(=O)c1cccc(NC(=O)C2N[N+](C)(C3CCCC3)c3ccc(-c4ccc(N5CCCC5=O)cc4-c4ccc(C5CCN(c6cccc7c6[N+](C)(C6CCCCC6)NC7C6CCC(=O)NC6=O)CC5)cc4)c(F)c32)c1. The number of hydrogen-bond acceptors (Lipinski definition) is 8. The van der Waals surface area contributed by atoms with Crippen molar-refractivity contribution in [3.05, 3.63) is 125 Å². The third-order valence-electron chi connectivity index (χ3n) is 18.7. The quantitative estimate of drug-likeness (QED) is 0.0648. The predicted octanol–water partition coefficient (Wildman–Crippen LogP) is 9.99. The van der Waals surface area contributed by atoms with Crippen molar-refractivity contribution in [2.24, 2.45) is 5.92 Å². The summed E-state index contributed by atoms with van der Waals surface area (Å²) < 4.78 is 18.9. The van der Waals surface area contributed by atoms with E-state index in [4.69, 9.17) is 0 Å². The molecule has 5 fully saturated rings. The van der Waals surface area contributed by atoms with E-state index < -0.39 is 17.8 Å². The molecule has 14 nitrogen and oxygen atoms in total. The largest absolute Gasteiger partial charge is 0.367 e. The fraction of sp³-hybridized carbons (Fsp3) is 0.435. The zero-order chi connectivity index (χ0) is 53.2. The van der Waals surface area contributed by atoms with Gasteiger partial charge in [-0.2, -0.15) is 5.43 Å². The van der Waals surface area contributed by atoms with Gasteiger partial charge in [0.15, 0.2) is 17.4 Å². The lowest BCUT2D eigenvalue weighted by Crippen LogP contribution is -2.62. The molecule has 0 bridgehead atoms. The van der Waals surface area contributed by atoms with Gasteiger partial charge >= 0.3 is 0 Å². The molecule has 7 aliphatic rings. The summed E-state index contributed by atoms with van der Waals surface area (Å²) in [5.41, 5.74) is 17.9. The van der Waals surface area contributed by atoms with E-state index in [0.29, 0.717) is 70.3 Å². The van der Waals surface area contributed by atoms with Gasteiger partial charge in [0.05, 0.1) is 31.6 Å². The zero-order valence-corrected chi connectivity index (χ0v) is 44.6. The standard InChI is InChI=1S/C62H70FN9O5/c1-64-60(75)41-12-9-13-42(36-41)65-62(77)58-55-52(71(2,68-58)44-16-7-8-17-44)29-27-47(56(55)63)46-26-25-43(70-33-11-20-54(70)74)37-50(46)40-23-21-38(22-24-40)39-31-34-69(35-32-39)51-19-10-18-48-57(49-28-30-53(73)66-61(49)76)67-72(3,59(48)51)45-14-5-4-6-15-45/h9-10,12-13,18-19,21-27,29,36-37,39,44-45,49,57-58,67-68H,4-8,11,14-17,20,28,30-35H2,1-3H3,(H-2,64,65,66,73,75,76,77)/p+2. The number of para-hydroxylation sites is 1. The Balaban J connectivity index is 0.843. The van der Waals surface area contributed by atoms with Crippen molar-refractivity contribution in [2.45, 2.75) is 126 Å². The fourth-order valence-corrected chi connectivity index (χ4v) is 14.6. The first-order chi connectivity index (χ1) is 37.3. The number of piperidine rings is 2. The monoisotopic (exact) mass is 1040 g/mol. The van der Waals surface area contributed by atoms with Crippen LogP contribution in [0, 0.1) is 11.7 Å². The summed E-state index contributed by atoms with van der Waals surface area (Å²) in [6.45, 7) is 2.37. The average Bonchev–Trinajstić information content (AvgIpc) is 4.48. The highest BCUT2D eigenvalue weighted by molar-refractivity contribution is 6.02. The van der Waals surface area contributed by atoms with Crippen LogP contribution in [0.25, 0.3) is 22.3 Å². The smallest absolute Gasteiger partial charge is 0.251 e. The molecule has 5 aromatic rings. The van der Waals surface area contributed by atoms with Crippen LogP contribution in [0.1, 0.15) is 141 Å². The number of hydrogen-bond donors (Lipinski definition) is 5. The molecule has 2 aliphatic carbocycles. The Morgan fingerprint density at radius 3 is 2.12 bits per heavy atom. The molecule has 0 spiro atoms. The summed E-state index contributed by atoms with van der Waals surface area (Å²) in [7, 11) is 5.91. The molecule has 5 amide bonds. The first kappa shape index (κ1) is 51.0. The van der Waals surface area contributed by atoms with Crippen molar-refractivity contribution in [1.29, 1.82) is 0 Å². The van der Waals surface area contributed by atoms with Gasteiger partial charge in [-0.3, -0.25) is 29.3 Å². The minimum absolute atomic E-state index is 0.0715. The van der Waals surface area contributed by atoms with Crippen LogP contribution in [0.15, 0.2) is 97.1 Å². The summed E-state index contributed by atoms with van der Waals surface area (Å²) in [6, 6.07) is 31.1. The number of halogens is 1. The molecule has 0 aromatic heterocycles. The van der Waals surface area contributed by atoms with E-state index in [2.05, 4.69) is 81.2 Å². The average molecular weight is 1040 g/mol. The Hall–Kier alpha value is -6.78. The normalized spacial score (nSPS) is 26.0. The summed E-state index contributed by atoms with van der Waals surface area (Å²) in [6.07, 6.45) is 14.0. The van der Waals surface area contributed by atoms with Gasteiger partial charge in [0, 0.05) is 99.3 Å². The van der Waals surface area contributed by atoms with Gasteiger partial charge in [0.2, 0.25) is 17.7 Å². The first-order valence-electron chi connectivity index (χ1n) is 28.3. The number of carbonyl (C=O) groups is 5. The highest BCUT2D eigenvalue weighted by atomic mass is 19.1. The number of nitrogens with one attached hydrogen (secondary N) is 5. The van der Waals surface area contributed by atoms with E-state index in [0.717, 1.165) is 93.4 Å². The predicted molar refractivity (Wildman–Crippen MR) is 300 cm³/mol. The van der Waals surface area contributed by atoms with E-state index in [-0.39, 0.29) is 46.2 Å². The second-order valence-corrected chi connectivity index (χ2v) is 23.1. The molecule has 5 N–H and O–H groups in total. The lowest BCUT2D eigenvalue weighted by Gasteiger charge is -2.42.